The summed E-state index contributed by atoms with van der Waals surface area (Å²) in [4.78, 5) is 15.1. The average molecular weight is 262 g/mol. The standard InChI is InChI=1S/C9H18N2O3.2C2H6/c1-10(2)3-8-14-9(12)11-4-6-13-7-5-11;2*1-2/h3-8H2,1-2H3;2*1-2H3. The summed E-state index contributed by atoms with van der Waals surface area (Å²) in [7, 11) is 3.89. The van der Waals surface area contributed by atoms with Gasteiger partial charge in [-0.25, -0.2) is 4.79 Å². The fourth-order valence-electron chi connectivity index (χ4n) is 1.15. The summed E-state index contributed by atoms with van der Waals surface area (Å²) >= 11 is 0. The molecule has 1 aliphatic rings. The monoisotopic (exact) mass is 262 g/mol. The molecule has 1 saturated heterocycles. The van der Waals surface area contributed by atoms with Crippen molar-refractivity contribution in [3.63, 3.8) is 0 Å². The van der Waals surface area contributed by atoms with Crippen molar-refractivity contribution in [1.29, 1.82) is 0 Å². The Kier molecular flexibility index (Phi) is 15.5. The second-order valence-electron chi connectivity index (χ2n) is 3.52. The van der Waals surface area contributed by atoms with Crippen molar-refractivity contribution in [3.8, 4) is 0 Å². The number of morpholine rings is 1. The van der Waals surface area contributed by atoms with E-state index in [0.717, 1.165) is 6.54 Å². The first-order valence-electron chi connectivity index (χ1n) is 6.84. The van der Waals surface area contributed by atoms with Gasteiger partial charge < -0.3 is 19.3 Å². The summed E-state index contributed by atoms with van der Waals surface area (Å²) in [6.07, 6.45) is -0.227. The third-order valence-corrected chi connectivity index (χ3v) is 2.03. The maximum absolute atomic E-state index is 11.4. The second-order valence-corrected chi connectivity index (χ2v) is 3.52. The molecular formula is C13H30N2O3. The van der Waals surface area contributed by atoms with Crippen LogP contribution in [0.15, 0.2) is 0 Å². The summed E-state index contributed by atoms with van der Waals surface area (Å²) in [5.41, 5.74) is 0. The molecule has 0 spiro atoms. The fourth-order valence-corrected chi connectivity index (χ4v) is 1.15. The molecule has 0 aliphatic carbocycles. The number of rotatable bonds is 3. The Bertz CT molecular complexity index is 181. The Labute approximate surface area is 112 Å². The van der Waals surface area contributed by atoms with Crippen molar-refractivity contribution in [2.24, 2.45) is 0 Å². The van der Waals surface area contributed by atoms with E-state index in [2.05, 4.69) is 0 Å². The first kappa shape index (κ1) is 19.5. The lowest BCUT2D eigenvalue weighted by Gasteiger charge is -2.26. The minimum atomic E-state index is -0.227. The van der Waals surface area contributed by atoms with Gasteiger partial charge >= 0.3 is 6.09 Å². The van der Waals surface area contributed by atoms with Gasteiger partial charge in [-0.3, -0.25) is 0 Å². The van der Waals surface area contributed by atoms with Crippen LogP contribution in [0.2, 0.25) is 0 Å². The molecule has 0 saturated carbocycles. The lowest BCUT2D eigenvalue weighted by molar-refractivity contribution is 0.0258. The van der Waals surface area contributed by atoms with E-state index in [1.165, 1.54) is 0 Å². The van der Waals surface area contributed by atoms with Gasteiger partial charge in [0.15, 0.2) is 0 Å². The van der Waals surface area contributed by atoms with Crippen LogP contribution in [0.5, 0.6) is 0 Å². The van der Waals surface area contributed by atoms with E-state index in [4.69, 9.17) is 9.47 Å². The van der Waals surface area contributed by atoms with Gasteiger partial charge in [0.2, 0.25) is 0 Å². The van der Waals surface area contributed by atoms with Crippen molar-refractivity contribution in [2.45, 2.75) is 27.7 Å². The lowest BCUT2D eigenvalue weighted by atomic mass is 10.5. The molecule has 1 aliphatic heterocycles. The number of likely N-dealkylation sites (N-methyl/N-ethyl adjacent to an activating group) is 1. The van der Waals surface area contributed by atoms with Gasteiger partial charge in [-0.05, 0) is 14.1 Å². The zero-order valence-electron chi connectivity index (χ0n) is 12.9. The number of hydrogen-bond acceptors (Lipinski definition) is 4. The first-order valence-corrected chi connectivity index (χ1v) is 6.84. The van der Waals surface area contributed by atoms with E-state index in [0.29, 0.717) is 32.9 Å². The van der Waals surface area contributed by atoms with Crippen LogP contribution < -0.4 is 0 Å². The number of nitrogens with zero attached hydrogens (tertiary/aromatic N) is 2. The van der Waals surface area contributed by atoms with Crippen LogP contribution in [-0.4, -0.2) is 69.4 Å². The number of ether oxygens (including phenoxy) is 2. The van der Waals surface area contributed by atoms with E-state index in [1.807, 2.05) is 46.7 Å². The van der Waals surface area contributed by atoms with E-state index >= 15 is 0 Å². The Morgan fingerprint density at radius 1 is 1.17 bits per heavy atom. The van der Waals surface area contributed by atoms with Crippen molar-refractivity contribution < 1.29 is 14.3 Å². The van der Waals surface area contributed by atoms with E-state index < -0.39 is 0 Å². The third kappa shape index (κ3) is 10.4. The van der Waals surface area contributed by atoms with Crippen LogP contribution in [-0.2, 0) is 9.47 Å². The van der Waals surface area contributed by atoms with Crippen LogP contribution in [0.3, 0.4) is 0 Å². The normalized spacial score (nSPS) is 14.1. The molecule has 1 fully saturated rings. The smallest absolute Gasteiger partial charge is 0.409 e. The third-order valence-electron chi connectivity index (χ3n) is 2.03. The fraction of sp³-hybridized carbons (Fsp3) is 0.923. The van der Waals surface area contributed by atoms with Crippen LogP contribution in [0.25, 0.3) is 0 Å². The zero-order valence-corrected chi connectivity index (χ0v) is 12.9. The van der Waals surface area contributed by atoms with Crippen molar-refractivity contribution >= 4 is 6.09 Å². The SMILES string of the molecule is CC.CC.CN(C)CCOC(=O)N1CCOCC1. The van der Waals surface area contributed by atoms with E-state index in [9.17, 15) is 4.79 Å². The molecule has 0 N–H and O–H groups in total. The summed E-state index contributed by atoms with van der Waals surface area (Å²) < 4.78 is 10.2. The second kappa shape index (κ2) is 14.3. The molecule has 0 aromatic heterocycles. The zero-order chi connectivity index (χ0) is 14.4. The van der Waals surface area contributed by atoms with Gasteiger partial charge in [0.05, 0.1) is 13.2 Å². The molecule has 0 bridgehead atoms. The Balaban J connectivity index is 0. The van der Waals surface area contributed by atoms with Gasteiger partial charge in [-0.1, -0.05) is 27.7 Å². The summed E-state index contributed by atoms with van der Waals surface area (Å²) in [5.74, 6) is 0. The van der Waals surface area contributed by atoms with Crippen LogP contribution in [0.4, 0.5) is 4.79 Å². The molecule has 5 heteroatoms. The molecule has 0 atom stereocenters. The Morgan fingerprint density at radius 3 is 2.11 bits per heavy atom. The topological polar surface area (TPSA) is 42.0 Å². The quantitative estimate of drug-likeness (QED) is 0.781. The number of hydrogen-bond donors (Lipinski definition) is 0. The van der Waals surface area contributed by atoms with Crippen molar-refractivity contribution in [2.75, 3.05) is 53.6 Å². The van der Waals surface area contributed by atoms with E-state index in [1.54, 1.807) is 4.90 Å². The van der Waals surface area contributed by atoms with Gasteiger partial charge in [0.1, 0.15) is 6.61 Å². The summed E-state index contributed by atoms with van der Waals surface area (Å²) in [5, 5.41) is 0. The molecule has 110 valence electrons. The van der Waals surface area contributed by atoms with Gasteiger partial charge in [0.25, 0.3) is 0 Å². The van der Waals surface area contributed by atoms with Gasteiger partial charge in [-0.15, -0.1) is 0 Å². The highest BCUT2D eigenvalue weighted by molar-refractivity contribution is 5.67. The number of carbonyl (C=O) groups is 1. The molecule has 0 aromatic rings. The number of carbonyl (C=O) groups excluding carboxylic acids is 1. The molecule has 0 unspecified atom stereocenters. The van der Waals surface area contributed by atoms with Crippen molar-refractivity contribution in [1.82, 2.24) is 9.80 Å². The van der Waals surface area contributed by atoms with E-state index in [-0.39, 0.29) is 6.09 Å². The minimum Gasteiger partial charge on any atom is -0.448 e. The lowest BCUT2D eigenvalue weighted by Crippen LogP contribution is -2.41. The predicted molar refractivity (Wildman–Crippen MR) is 75.0 cm³/mol. The average Bonchev–Trinajstić information content (AvgIpc) is 2.44. The highest BCUT2D eigenvalue weighted by atomic mass is 16.6. The molecule has 1 amide bonds. The van der Waals surface area contributed by atoms with Crippen molar-refractivity contribution in [3.05, 3.63) is 0 Å². The van der Waals surface area contributed by atoms with Crippen LogP contribution in [0, 0.1) is 0 Å². The molecule has 1 heterocycles. The summed E-state index contributed by atoms with van der Waals surface area (Å²) in [6, 6.07) is 0. The highest BCUT2D eigenvalue weighted by Crippen LogP contribution is 1.99. The number of amides is 1. The molecule has 18 heavy (non-hydrogen) atoms. The Hall–Kier alpha value is -0.810. The molecular weight excluding hydrogens is 232 g/mol. The molecule has 0 radical (unpaired) electrons. The maximum atomic E-state index is 11.4. The molecule has 1 rings (SSSR count). The molecule has 5 nitrogen and oxygen atoms in total. The van der Waals surface area contributed by atoms with Gasteiger partial charge in [-0.2, -0.15) is 0 Å². The summed E-state index contributed by atoms with van der Waals surface area (Å²) in [6.45, 7) is 11.7. The highest BCUT2D eigenvalue weighted by Gasteiger charge is 2.17. The largest absolute Gasteiger partial charge is 0.448 e. The van der Waals surface area contributed by atoms with Crippen LogP contribution >= 0.6 is 0 Å². The molecule has 0 aromatic carbocycles. The predicted octanol–water partition coefficient (Wildman–Crippen LogP) is 2.07. The maximum Gasteiger partial charge on any atom is 0.409 e. The minimum absolute atomic E-state index is 0.227. The van der Waals surface area contributed by atoms with Crippen LogP contribution in [0.1, 0.15) is 27.7 Å². The Morgan fingerprint density at radius 2 is 1.67 bits per heavy atom. The first-order chi connectivity index (χ1) is 8.70. The van der Waals surface area contributed by atoms with Gasteiger partial charge in [0, 0.05) is 19.6 Å².